The Kier molecular flexibility index (Phi) is 9.92. The summed E-state index contributed by atoms with van der Waals surface area (Å²) in [7, 11) is -3.88. The van der Waals surface area contributed by atoms with Crippen LogP contribution in [0.5, 0.6) is 11.5 Å². The minimum atomic E-state index is -3.88. The van der Waals surface area contributed by atoms with Crippen LogP contribution in [0.3, 0.4) is 0 Å². The highest BCUT2D eigenvalue weighted by atomic mass is 32.2. The Morgan fingerprint density at radius 2 is 1.50 bits per heavy atom. The molecule has 214 valence electrons. The molecule has 0 aliphatic carbocycles. The van der Waals surface area contributed by atoms with Crippen LogP contribution in [0.2, 0.25) is 0 Å². The second-order valence-electron chi connectivity index (χ2n) is 10.5. The summed E-state index contributed by atoms with van der Waals surface area (Å²) >= 11 is 0. The average Bonchev–Trinajstić information content (AvgIpc) is 2.87. The van der Waals surface area contributed by atoms with Gasteiger partial charge in [0.25, 0.3) is 0 Å². The number of nitrogens with one attached hydrogen (secondary N) is 1. The number of nitrogens with zero attached hydrogens (tertiary/aromatic N) is 2. The monoisotopic (exact) mass is 569 g/mol. The van der Waals surface area contributed by atoms with E-state index in [1.165, 1.54) is 29.2 Å². The molecule has 3 aromatic rings. The average molecular weight is 570 g/mol. The maximum absolute atomic E-state index is 13.8. The second kappa shape index (κ2) is 13.0. The molecule has 0 unspecified atom stereocenters. The van der Waals surface area contributed by atoms with E-state index in [4.69, 9.17) is 4.74 Å². The smallest absolute Gasteiger partial charge is 0.244 e. The minimum Gasteiger partial charge on any atom is -0.457 e. The van der Waals surface area contributed by atoms with Crippen molar-refractivity contribution < 1.29 is 27.1 Å². The van der Waals surface area contributed by atoms with E-state index in [-0.39, 0.29) is 18.1 Å². The summed E-state index contributed by atoms with van der Waals surface area (Å²) in [4.78, 5) is 28.3. The van der Waals surface area contributed by atoms with Gasteiger partial charge in [0.1, 0.15) is 29.9 Å². The summed E-state index contributed by atoms with van der Waals surface area (Å²) in [6.07, 6.45) is 1.31. The number of para-hydroxylation sites is 1. The summed E-state index contributed by atoms with van der Waals surface area (Å²) in [5, 5.41) is 2.90. The summed E-state index contributed by atoms with van der Waals surface area (Å²) in [5.41, 5.74) is 0.326. The third-order valence-corrected chi connectivity index (χ3v) is 7.07. The van der Waals surface area contributed by atoms with Gasteiger partial charge in [0.2, 0.25) is 21.8 Å². The van der Waals surface area contributed by atoms with Crippen LogP contribution in [-0.4, -0.2) is 49.5 Å². The number of hydrogen-bond donors (Lipinski definition) is 1. The van der Waals surface area contributed by atoms with Crippen LogP contribution in [0.15, 0.2) is 78.9 Å². The molecule has 1 atom stereocenters. The van der Waals surface area contributed by atoms with Crippen molar-refractivity contribution in [3.05, 3.63) is 90.2 Å². The van der Waals surface area contributed by atoms with Crippen LogP contribution in [0.1, 0.15) is 39.7 Å². The molecule has 2 amide bonds. The highest BCUT2D eigenvalue weighted by Gasteiger charge is 2.33. The zero-order valence-corrected chi connectivity index (χ0v) is 24.2. The van der Waals surface area contributed by atoms with Crippen molar-refractivity contribution >= 4 is 27.5 Å². The number of benzene rings is 3. The number of carbonyl (C=O) groups is 2. The van der Waals surface area contributed by atoms with Crippen LogP contribution >= 0.6 is 0 Å². The number of anilines is 1. The molecule has 3 aromatic carbocycles. The van der Waals surface area contributed by atoms with Crippen molar-refractivity contribution in [2.24, 2.45) is 0 Å². The van der Waals surface area contributed by atoms with Crippen LogP contribution in [0.25, 0.3) is 0 Å². The van der Waals surface area contributed by atoms with E-state index in [0.29, 0.717) is 23.5 Å². The fourth-order valence-electron chi connectivity index (χ4n) is 4.08. The van der Waals surface area contributed by atoms with E-state index < -0.39 is 39.9 Å². The molecular weight excluding hydrogens is 533 g/mol. The lowest BCUT2D eigenvalue weighted by Gasteiger charge is -2.34. The molecule has 0 bridgehead atoms. The van der Waals surface area contributed by atoms with Gasteiger partial charge >= 0.3 is 0 Å². The number of hydrogen-bond acceptors (Lipinski definition) is 5. The Hall–Kier alpha value is -3.92. The molecule has 40 heavy (non-hydrogen) atoms. The standard InChI is InChI=1S/C30H36FN3O5S/c1-6-27(29(36)32-30(2,3)4)33(20-22-12-14-23(31)15-13-22)28(35)21-34(40(5,37)38)24-16-18-26(19-17-24)39-25-10-8-7-9-11-25/h7-19,27H,6,20-21H2,1-5H3,(H,32,36)/t27-/m0/s1. The number of carbonyl (C=O) groups excluding carboxylic acids is 2. The summed E-state index contributed by atoms with van der Waals surface area (Å²) < 4.78 is 46.0. The summed E-state index contributed by atoms with van der Waals surface area (Å²) in [6, 6.07) is 20.2. The van der Waals surface area contributed by atoms with Crippen molar-refractivity contribution in [2.75, 3.05) is 17.1 Å². The van der Waals surface area contributed by atoms with E-state index in [9.17, 15) is 22.4 Å². The highest BCUT2D eigenvalue weighted by Crippen LogP contribution is 2.26. The Morgan fingerprint density at radius 3 is 2.02 bits per heavy atom. The van der Waals surface area contributed by atoms with Crippen LogP contribution in [0, 0.1) is 5.82 Å². The van der Waals surface area contributed by atoms with Crippen LogP contribution < -0.4 is 14.4 Å². The lowest BCUT2D eigenvalue weighted by molar-refractivity contribution is -0.141. The summed E-state index contributed by atoms with van der Waals surface area (Å²) in [6.45, 7) is 6.74. The van der Waals surface area contributed by atoms with Crippen molar-refractivity contribution in [1.82, 2.24) is 10.2 Å². The Morgan fingerprint density at radius 1 is 0.925 bits per heavy atom. The molecule has 0 radical (unpaired) electrons. The predicted octanol–water partition coefficient (Wildman–Crippen LogP) is 5.11. The first kappa shape index (κ1) is 30.6. The normalized spacial score (nSPS) is 12.3. The minimum absolute atomic E-state index is 0.00334. The first-order valence-electron chi connectivity index (χ1n) is 12.9. The molecule has 0 saturated heterocycles. The first-order valence-corrected chi connectivity index (χ1v) is 14.8. The molecule has 0 fully saturated rings. The van der Waals surface area contributed by atoms with Crippen LogP contribution in [0.4, 0.5) is 10.1 Å². The first-order chi connectivity index (χ1) is 18.8. The van der Waals surface area contributed by atoms with E-state index >= 15 is 0 Å². The third-order valence-electron chi connectivity index (χ3n) is 5.93. The number of ether oxygens (including phenoxy) is 1. The zero-order chi connectivity index (χ0) is 29.5. The Bertz CT molecular complexity index is 1390. The molecule has 1 N–H and O–H groups in total. The molecule has 0 aliphatic heterocycles. The largest absolute Gasteiger partial charge is 0.457 e. The summed E-state index contributed by atoms with van der Waals surface area (Å²) in [5.74, 6) is -0.241. The SMILES string of the molecule is CC[C@@H](C(=O)NC(C)(C)C)N(Cc1ccc(F)cc1)C(=O)CN(c1ccc(Oc2ccccc2)cc1)S(C)(=O)=O. The van der Waals surface area contributed by atoms with Gasteiger partial charge in [-0.05, 0) is 81.3 Å². The van der Waals surface area contributed by atoms with Crippen molar-refractivity contribution in [2.45, 2.75) is 52.2 Å². The maximum Gasteiger partial charge on any atom is 0.244 e. The molecule has 3 rings (SSSR count). The topological polar surface area (TPSA) is 96.0 Å². The van der Waals surface area contributed by atoms with Crippen molar-refractivity contribution in [3.63, 3.8) is 0 Å². The number of sulfonamides is 1. The van der Waals surface area contributed by atoms with Gasteiger partial charge < -0.3 is 15.0 Å². The molecule has 10 heteroatoms. The highest BCUT2D eigenvalue weighted by molar-refractivity contribution is 7.92. The molecule has 0 aliphatic rings. The van der Waals surface area contributed by atoms with Gasteiger partial charge in [0, 0.05) is 12.1 Å². The lowest BCUT2D eigenvalue weighted by Crippen LogP contribution is -2.55. The molecule has 8 nitrogen and oxygen atoms in total. The Balaban J connectivity index is 1.90. The quantitative estimate of drug-likeness (QED) is 0.346. The molecular formula is C30H36FN3O5S. The third kappa shape index (κ3) is 8.81. The molecule has 0 aromatic heterocycles. The second-order valence-corrected chi connectivity index (χ2v) is 12.4. The zero-order valence-electron chi connectivity index (χ0n) is 23.4. The van der Waals surface area contributed by atoms with Gasteiger partial charge in [-0.1, -0.05) is 37.3 Å². The number of halogens is 1. The van der Waals surface area contributed by atoms with Crippen molar-refractivity contribution in [1.29, 1.82) is 0 Å². The predicted molar refractivity (Wildman–Crippen MR) is 154 cm³/mol. The van der Waals surface area contributed by atoms with E-state index in [1.54, 1.807) is 43.3 Å². The van der Waals surface area contributed by atoms with Crippen LogP contribution in [-0.2, 0) is 26.2 Å². The van der Waals surface area contributed by atoms with Gasteiger partial charge in [0.05, 0.1) is 11.9 Å². The number of rotatable bonds is 11. The molecule has 0 spiro atoms. The Labute approximate surface area is 235 Å². The van der Waals surface area contributed by atoms with Crippen molar-refractivity contribution in [3.8, 4) is 11.5 Å². The van der Waals surface area contributed by atoms with E-state index in [0.717, 1.165) is 10.6 Å². The van der Waals surface area contributed by atoms with E-state index in [2.05, 4.69) is 5.32 Å². The number of amides is 2. The van der Waals surface area contributed by atoms with Gasteiger partial charge in [0.15, 0.2) is 0 Å². The van der Waals surface area contributed by atoms with Gasteiger partial charge in [-0.3, -0.25) is 13.9 Å². The lowest BCUT2D eigenvalue weighted by atomic mass is 10.1. The van der Waals surface area contributed by atoms with Gasteiger partial charge in [-0.15, -0.1) is 0 Å². The fourth-order valence-corrected chi connectivity index (χ4v) is 4.93. The van der Waals surface area contributed by atoms with Gasteiger partial charge in [-0.2, -0.15) is 0 Å². The van der Waals surface area contributed by atoms with E-state index in [1.807, 2.05) is 39.0 Å². The molecule has 0 heterocycles. The molecule has 0 saturated carbocycles. The fraction of sp³-hybridized carbons (Fsp3) is 0.333. The maximum atomic E-state index is 13.8. The van der Waals surface area contributed by atoms with Gasteiger partial charge in [-0.25, -0.2) is 12.8 Å².